The van der Waals surface area contributed by atoms with E-state index in [0.29, 0.717) is 42.0 Å². The van der Waals surface area contributed by atoms with Gasteiger partial charge in [-0.3, -0.25) is 4.79 Å². The average molecular weight is 406 g/mol. The summed E-state index contributed by atoms with van der Waals surface area (Å²) in [5, 5.41) is 11.4. The van der Waals surface area contributed by atoms with E-state index in [9.17, 15) is 4.79 Å². The van der Waals surface area contributed by atoms with Gasteiger partial charge in [-0.1, -0.05) is 35.3 Å². The van der Waals surface area contributed by atoms with Gasteiger partial charge in [0.2, 0.25) is 5.91 Å². The number of nitrogens with zero attached hydrogens (tertiary/aromatic N) is 2. The molecule has 1 aliphatic rings. The number of hydrogen-bond acceptors (Lipinski definition) is 4. The number of amides is 1. The third kappa shape index (κ3) is 5.33. The van der Waals surface area contributed by atoms with Crippen molar-refractivity contribution in [3.05, 3.63) is 46.1 Å². The van der Waals surface area contributed by atoms with Gasteiger partial charge in [-0.05, 0) is 11.6 Å². The van der Waals surface area contributed by atoms with E-state index in [1.165, 1.54) is 0 Å². The van der Waals surface area contributed by atoms with Crippen molar-refractivity contribution in [1.29, 1.82) is 0 Å². The second kappa shape index (κ2) is 9.40. The number of carbonyl (C=O) groups is 1. The highest BCUT2D eigenvalue weighted by Crippen LogP contribution is 2.26. The van der Waals surface area contributed by atoms with Gasteiger partial charge in [0.05, 0.1) is 36.0 Å². The zero-order chi connectivity index (χ0) is 16.9. The highest BCUT2D eigenvalue weighted by Gasteiger charge is 2.18. The smallest absolute Gasteiger partial charge is 0.227 e. The fraction of sp³-hybridized carbons (Fsp3) is 0.375. The molecular formula is C16H19Cl3N4O2. The third-order valence-corrected chi connectivity index (χ3v) is 4.62. The van der Waals surface area contributed by atoms with Crippen molar-refractivity contribution >= 4 is 47.3 Å². The number of hydrogen-bond donors (Lipinski definition) is 2. The number of benzene rings is 1. The molecule has 0 spiro atoms. The molecule has 2 N–H and O–H groups in total. The number of aromatic nitrogens is 2. The third-order valence-electron chi connectivity index (χ3n) is 3.77. The van der Waals surface area contributed by atoms with Crippen LogP contribution in [0.3, 0.4) is 0 Å². The first-order valence-corrected chi connectivity index (χ1v) is 8.45. The normalized spacial score (nSPS) is 17.0. The van der Waals surface area contributed by atoms with Crippen LogP contribution in [0.2, 0.25) is 10.0 Å². The number of ether oxygens (including phenoxy) is 1. The van der Waals surface area contributed by atoms with Gasteiger partial charge >= 0.3 is 0 Å². The van der Waals surface area contributed by atoms with E-state index in [1.54, 1.807) is 23.0 Å². The molecule has 0 radical (unpaired) electrons. The van der Waals surface area contributed by atoms with E-state index in [0.717, 1.165) is 12.1 Å². The van der Waals surface area contributed by atoms with Crippen molar-refractivity contribution < 1.29 is 9.53 Å². The Bertz CT molecular complexity index is 717. The van der Waals surface area contributed by atoms with E-state index in [4.69, 9.17) is 27.9 Å². The number of morpholine rings is 1. The second-order valence-electron chi connectivity index (χ2n) is 5.57. The van der Waals surface area contributed by atoms with E-state index in [-0.39, 0.29) is 24.4 Å². The number of halogens is 3. The van der Waals surface area contributed by atoms with Crippen molar-refractivity contribution in [3.8, 4) is 0 Å². The molecule has 3 rings (SSSR count). The number of rotatable bonds is 5. The monoisotopic (exact) mass is 404 g/mol. The minimum absolute atomic E-state index is 0. The highest BCUT2D eigenvalue weighted by atomic mass is 35.5. The van der Waals surface area contributed by atoms with Crippen molar-refractivity contribution in [2.24, 2.45) is 0 Å². The van der Waals surface area contributed by atoms with E-state index >= 15 is 0 Å². The maximum atomic E-state index is 12.2. The summed E-state index contributed by atoms with van der Waals surface area (Å²) in [7, 11) is 0. The van der Waals surface area contributed by atoms with Crippen LogP contribution in [0, 0.1) is 0 Å². The van der Waals surface area contributed by atoms with Gasteiger partial charge in [0, 0.05) is 25.1 Å². The Labute approximate surface area is 162 Å². The van der Waals surface area contributed by atoms with Crippen LogP contribution in [-0.4, -0.2) is 41.5 Å². The van der Waals surface area contributed by atoms with Crippen LogP contribution in [0.25, 0.3) is 0 Å². The van der Waals surface area contributed by atoms with Gasteiger partial charge in [-0.25, -0.2) is 4.68 Å². The molecule has 2 heterocycles. The molecule has 2 aromatic rings. The lowest BCUT2D eigenvalue weighted by molar-refractivity contribution is -0.117. The lowest BCUT2D eigenvalue weighted by Gasteiger charge is -2.23. The summed E-state index contributed by atoms with van der Waals surface area (Å²) in [4.78, 5) is 12.2. The van der Waals surface area contributed by atoms with E-state index in [1.807, 2.05) is 12.1 Å². The molecule has 1 aliphatic heterocycles. The number of carbonyl (C=O) groups excluding carboxylic acids is 1. The summed E-state index contributed by atoms with van der Waals surface area (Å²) in [6, 6.07) is 7.24. The fourth-order valence-corrected chi connectivity index (χ4v) is 2.95. The summed E-state index contributed by atoms with van der Waals surface area (Å²) in [5.41, 5.74) is 0.839. The molecule has 1 saturated heterocycles. The first kappa shape index (κ1) is 20.0. The van der Waals surface area contributed by atoms with Gasteiger partial charge in [-0.15, -0.1) is 12.4 Å². The molecule has 1 amide bonds. The first-order chi connectivity index (χ1) is 11.6. The molecule has 25 heavy (non-hydrogen) atoms. The van der Waals surface area contributed by atoms with Crippen LogP contribution >= 0.6 is 35.6 Å². The van der Waals surface area contributed by atoms with Crippen molar-refractivity contribution in [3.63, 3.8) is 0 Å². The van der Waals surface area contributed by atoms with Crippen LogP contribution in [-0.2, 0) is 16.1 Å². The average Bonchev–Trinajstić information content (AvgIpc) is 2.99. The first-order valence-electron chi connectivity index (χ1n) is 7.69. The molecule has 6 nitrogen and oxygen atoms in total. The van der Waals surface area contributed by atoms with Gasteiger partial charge in [0.15, 0.2) is 0 Å². The molecule has 0 aliphatic carbocycles. The lowest BCUT2D eigenvalue weighted by Crippen LogP contribution is -2.43. The molecule has 1 fully saturated rings. The van der Waals surface area contributed by atoms with Crippen molar-refractivity contribution in [2.75, 3.05) is 25.1 Å². The minimum atomic E-state index is -0.0862. The predicted molar refractivity (Wildman–Crippen MR) is 101 cm³/mol. The van der Waals surface area contributed by atoms with Gasteiger partial charge in [0.25, 0.3) is 0 Å². The molecule has 9 heteroatoms. The van der Waals surface area contributed by atoms with E-state index in [2.05, 4.69) is 15.7 Å². The molecule has 1 atom stereocenters. The van der Waals surface area contributed by atoms with Crippen LogP contribution < -0.4 is 10.6 Å². The van der Waals surface area contributed by atoms with Crippen molar-refractivity contribution in [1.82, 2.24) is 15.1 Å². The number of anilines is 1. The van der Waals surface area contributed by atoms with Crippen LogP contribution in [0.5, 0.6) is 0 Å². The van der Waals surface area contributed by atoms with Gasteiger partial charge in [-0.2, -0.15) is 5.10 Å². The molecule has 136 valence electrons. The molecular weight excluding hydrogens is 387 g/mol. The Balaban J connectivity index is 0.00000225. The second-order valence-corrected chi connectivity index (χ2v) is 6.35. The minimum Gasteiger partial charge on any atom is -0.378 e. The Hall–Kier alpha value is -1.31. The molecule has 1 unspecified atom stereocenters. The van der Waals surface area contributed by atoms with Crippen LogP contribution in [0.1, 0.15) is 12.0 Å². The molecule has 0 saturated carbocycles. The maximum absolute atomic E-state index is 12.2. The van der Waals surface area contributed by atoms with Gasteiger partial charge in [0.1, 0.15) is 5.82 Å². The Morgan fingerprint density at radius 1 is 1.40 bits per heavy atom. The van der Waals surface area contributed by atoms with Crippen LogP contribution in [0.4, 0.5) is 5.82 Å². The maximum Gasteiger partial charge on any atom is 0.227 e. The zero-order valence-electron chi connectivity index (χ0n) is 13.4. The number of nitrogens with one attached hydrogen (secondary N) is 2. The van der Waals surface area contributed by atoms with E-state index < -0.39 is 0 Å². The van der Waals surface area contributed by atoms with Crippen molar-refractivity contribution in [2.45, 2.75) is 19.0 Å². The highest BCUT2D eigenvalue weighted by molar-refractivity contribution is 6.42. The fourth-order valence-electron chi connectivity index (χ4n) is 2.57. The summed E-state index contributed by atoms with van der Waals surface area (Å²) in [5.74, 6) is 0.532. The topological polar surface area (TPSA) is 68.2 Å². The standard InChI is InChI=1S/C16H18Cl2N4O2.ClH/c17-13-3-1-2-11(16(13)18)9-22-14(4-5-20-22)21-15(23)8-12-10-24-7-6-19-12;/h1-5,12,19H,6-10H2,(H,21,23);1H. The van der Waals surface area contributed by atoms with Crippen LogP contribution in [0.15, 0.2) is 30.5 Å². The summed E-state index contributed by atoms with van der Waals surface area (Å²) in [6.07, 6.45) is 1.99. The zero-order valence-corrected chi connectivity index (χ0v) is 15.7. The van der Waals surface area contributed by atoms with Gasteiger partial charge < -0.3 is 15.4 Å². The predicted octanol–water partition coefficient (Wildman–Crippen LogP) is 2.98. The summed E-state index contributed by atoms with van der Waals surface area (Å²) >= 11 is 12.3. The summed E-state index contributed by atoms with van der Waals surface area (Å²) in [6.45, 7) is 2.42. The Morgan fingerprint density at radius 2 is 2.24 bits per heavy atom. The Kier molecular flexibility index (Phi) is 7.53. The molecule has 0 bridgehead atoms. The Morgan fingerprint density at radius 3 is 3.00 bits per heavy atom. The summed E-state index contributed by atoms with van der Waals surface area (Å²) < 4.78 is 7.04. The SMILES string of the molecule is Cl.O=C(CC1COCCN1)Nc1ccnn1Cc1cccc(Cl)c1Cl. The largest absolute Gasteiger partial charge is 0.378 e. The molecule has 1 aromatic carbocycles. The lowest BCUT2D eigenvalue weighted by atomic mass is 10.2. The quantitative estimate of drug-likeness (QED) is 0.802. The molecule has 1 aromatic heterocycles.